The van der Waals surface area contributed by atoms with Crippen molar-refractivity contribution in [1.82, 2.24) is 5.32 Å². The summed E-state index contributed by atoms with van der Waals surface area (Å²) < 4.78 is 0. The highest BCUT2D eigenvalue weighted by Gasteiger charge is 2.20. The van der Waals surface area contributed by atoms with Crippen LogP contribution in [0.15, 0.2) is 0 Å². The molecular weight excluding hydrogens is 206 g/mol. The molecule has 0 heterocycles. The smallest absolute Gasteiger partial charge is 0.0693 e. The summed E-state index contributed by atoms with van der Waals surface area (Å²) in [5, 5.41) is 14.1. The van der Waals surface area contributed by atoms with Crippen molar-refractivity contribution >= 4 is 11.8 Å². The zero-order valence-electron chi connectivity index (χ0n) is 10.0. The molecule has 0 spiro atoms. The van der Waals surface area contributed by atoms with E-state index in [9.17, 15) is 5.11 Å². The topological polar surface area (TPSA) is 32.3 Å². The molecule has 0 aromatic carbocycles. The normalized spacial score (nSPS) is 29.8. The first-order valence-electron chi connectivity index (χ1n) is 6.18. The Bertz CT molecular complexity index is 166. The maximum atomic E-state index is 9.90. The fraction of sp³-hybridized carbons (Fsp3) is 1.00. The van der Waals surface area contributed by atoms with E-state index in [0.717, 1.165) is 24.6 Å². The Balaban J connectivity index is 2.17. The third-order valence-electron chi connectivity index (χ3n) is 3.34. The molecule has 0 amide bonds. The Morgan fingerprint density at radius 3 is 2.80 bits per heavy atom. The second kappa shape index (κ2) is 7.53. The zero-order valence-corrected chi connectivity index (χ0v) is 10.9. The Labute approximate surface area is 98.2 Å². The van der Waals surface area contributed by atoms with Crippen molar-refractivity contribution in [2.45, 2.75) is 62.8 Å². The van der Waals surface area contributed by atoms with Crippen molar-refractivity contribution in [3.05, 3.63) is 0 Å². The minimum Gasteiger partial charge on any atom is -0.392 e. The molecule has 3 atom stereocenters. The molecule has 1 saturated carbocycles. The van der Waals surface area contributed by atoms with E-state index in [4.69, 9.17) is 0 Å². The van der Waals surface area contributed by atoms with Crippen molar-refractivity contribution in [2.24, 2.45) is 0 Å². The van der Waals surface area contributed by atoms with Crippen LogP contribution in [0.1, 0.15) is 45.4 Å². The molecule has 0 aromatic heterocycles. The fourth-order valence-electron chi connectivity index (χ4n) is 2.12. The van der Waals surface area contributed by atoms with E-state index in [1.165, 1.54) is 25.7 Å². The van der Waals surface area contributed by atoms with E-state index in [-0.39, 0.29) is 6.10 Å². The Kier molecular flexibility index (Phi) is 6.69. The molecule has 0 radical (unpaired) electrons. The molecule has 15 heavy (non-hydrogen) atoms. The highest BCUT2D eigenvalue weighted by Crippen LogP contribution is 2.18. The van der Waals surface area contributed by atoms with Crippen molar-refractivity contribution in [3.8, 4) is 0 Å². The molecule has 2 N–H and O–H groups in total. The summed E-state index contributed by atoms with van der Waals surface area (Å²) >= 11 is 1.91. The second-order valence-corrected chi connectivity index (χ2v) is 5.88. The number of aliphatic hydroxyl groups excluding tert-OH is 1. The van der Waals surface area contributed by atoms with Crippen LogP contribution in [0.5, 0.6) is 0 Å². The largest absolute Gasteiger partial charge is 0.392 e. The molecule has 1 aliphatic rings. The maximum Gasteiger partial charge on any atom is 0.0693 e. The van der Waals surface area contributed by atoms with E-state index in [1.807, 2.05) is 11.8 Å². The highest BCUT2D eigenvalue weighted by atomic mass is 32.2. The number of aliphatic hydroxyl groups is 1. The molecule has 2 nitrogen and oxygen atoms in total. The van der Waals surface area contributed by atoms with Crippen LogP contribution >= 0.6 is 11.8 Å². The quantitative estimate of drug-likeness (QED) is 0.713. The van der Waals surface area contributed by atoms with Gasteiger partial charge in [0.25, 0.3) is 0 Å². The van der Waals surface area contributed by atoms with E-state index >= 15 is 0 Å². The predicted molar refractivity (Wildman–Crippen MR) is 68.5 cm³/mol. The third-order valence-corrected chi connectivity index (χ3v) is 4.38. The molecule has 3 unspecified atom stereocenters. The van der Waals surface area contributed by atoms with Crippen LogP contribution in [0.25, 0.3) is 0 Å². The van der Waals surface area contributed by atoms with Crippen LogP contribution in [0.3, 0.4) is 0 Å². The molecular formula is C12H25NOS. The minimum absolute atomic E-state index is 0.114. The third kappa shape index (κ3) is 5.23. The lowest BCUT2D eigenvalue weighted by Gasteiger charge is -2.22. The van der Waals surface area contributed by atoms with Crippen LogP contribution in [-0.4, -0.2) is 35.3 Å². The fourth-order valence-corrected chi connectivity index (χ4v) is 2.47. The first kappa shape index (κ1) is 13.3. The Hall–Kier alpha value is 0.270. The summed E-state index contributed by atoms with van der Waals surface area (Å²) in [6.07, 6.45) is 9.13. The highest BCUT2D eigenvalue weighted by molar-refractivity contribution is 7.99. The zero-order chi connectivity index (χ0) is 11.1. The van der Waals surface area contributed by atoms with Gasteiger partial charge in [0.2, 0.25) is 0 Å². The molecule has 3 heteroatoms. The van der Waals surface area contributed by atoms with Crippen LogP contribution in [0.2, 0.25) is 0 Å². The van der Waals surface area contributed by atoms with Crippen molar-refractivity contribution in [1.29, 1.82) is 0 Å². The van der Waals surface area contributed by atoms with Gasteiger partial charge in [-0.15, -0.1) is 0 Å². The van der Waals surface area contributed by atoms with Crippen LogP contribution in [0.4, 0.5) is 0 Å². The Morgan fingerprint density at radius 2 is 2.07 bits per heavy atom. The van der Waals surface area contributed by atoms with E-state index in [2.05, 4.69) is 18.5 Å². The van der Waals surface area contributed by atoms with Gasteiger partial charge < -0.3 is 10.4 Å². The summed E-state index contributed by atoms with van der Waals surface area (Å²) in [7, 11) is 0. The van der Waals surface area contributed by atoms with Crippen LogP contribution in [-0.2, 0) is 0 Å². The minimum atomic E-state index is -0.114. The summed E-state index contributed by atoms with van der Waals surface area (Å²) in [4.78, 5) is 0. The number of nitrogens with one attached hydrogen (secondary N) is 1. The van der Waals surface area contributed by atoms with Gasteiger partial charge in [-0.2, -0.15) is 11.8 Å². The summed E-state index contributed by atoms with van der Waals surface area (Å²) in [5.41, 5.74) is 0. The first-order valence-corrected chi connectivity index (χ1v) is 7.47. The number of hydrogen-bond acceptors (Lipinski definition) is 3. The van der Waals surface area contributed by atoms with Gasteiger partial charge in [0.1, 0.15) is 0 Å². The van der Waals surface area contributed by atoms with Gasteiger partial charge in [-0.1, -0.05) is 26.2 Å². The van der Waals surface area contributed by atoms with Gasteiger partial charge in [-0.3, -0.25) is 0 Å². The van der Waals surface area contributed by atoms with Gasteiger partial charge in [0.05, 0.1) is 6.10 Å². The Morgan fingerprint density at radius 1 is 1.33 bits per heavy atom. The van der Waals surface area contributed by atoms with Crippen molar-refractivity contribution < 1.29 is 5.11 Å². The molecule has 0 aromatic rings. The second-order valence-electron chi connectivity index (χ2n) is 4.60. The average molecular weight is 231 g/mol. The van der Waals surface area contributed by atoms with Gasteiger partial charge in [-0.25, -0.2) is 0 Å². The van der Waals surface area contributed by atoms with Gasteiger partial charge >= 0.3 is 0 Å². The summed E-state index contributed by atoms with van der Waals surface area (Å²) in [6.45, 7) is 3.31. The molecule has 1 aliphatic carbocycles. The molecule has 90 valence electrons. The average Bonchev–Trinajstić information content (AvgIpc) is 2.44. The standard InChI is InChI=1S/C12H25NOS/c1-10(15-2)8-9-13-11-6-4-3-5-7-12(11)14/h10-14H,3-9H2,1-2H3. The van der Waals surface area contributed by atoms with E-state index in [1.54, 1.807) is 0 Å². The number of hydrogen-bond donors (Lipinski definition) is 2. The molecule has 1 fully saturated rings. The predicted octanol–water partition coefficient (Wildman–Crippen LogP) is 2.41. The molecule has 0 aliphatic heterocycles. The van der Waals surface area contributed by atoms with Gasteiger partial charge in [-0.05, 0) is 32.1 Å². The van der Waals surface area contributed by atoms with Crippen LogP contribution < -0.4 is 5.32 Å². The first-order chi connectivity index (χ1) is 7.24. The van der Waals surface area contributed by atoms with Crippen molar-refractivity contribution in [2.75, 3.05) is 12.8 Å². The lowest BCUT2D eigenvalue weighted by atomic mass is 10.1. The summed E-state index contributed by atoms with van der Waals surface area (Å²) in [5.74, 6) is 0. The van der Waals surface area contributed by atoms with Crippen molar-refractivity contribution in [3.63, 3.8) is 0 Å². The molecule has 1 rings (SSSR count). The van der Waals surface area contributed by atoms with Gasteiger partial charge in [0.15, 0.2) is 0 Å². The SMILES string of the molecule is CSC(C)CCNC1CCCCCC1O. The summed E-state index contributed by atoms with van der Waals surface area (Å²) in [6, 6.07) is 0.349. The van der Waals surface area contributed by atoms with E-state index < -0.39 is 0 Å². The van der Waals surface area contributed by atoms with Gasteiger partial charge in [0, 0.05) is 11.3 Å². The lowest BCUT2D eigenvalue weighted by molar-refractivity contribution is 0.120. The number of rotatable bonds is 5. The molecule has 0 saturated heterocycles. The monoisotopic (exact) mass is 231 g/mol. The molecule has 0 bridgehead atoms. The van der Waals surface area contributed by atoms with E-state index in [0.29, 0.717) is 6.04 Å². The van der Waals surface area contributed by atoms with Crippen LogP contribution in [0, 0.1) is 0 Å². The lowest BCUT2D eigenvalue weighted by Crippen LogP contribution is -2.40. The number of thioether (sulfide) groups is 1. The maximum absolute atomic E-state index is 9.90.